The number of pyridine rings is 1. The van der Waals surface area contributed by atoms with E-state index in [0.29, 0.717) is 18.5 Å². The lowest BCUT2D eigenvalue weighted by Gasteiger charge is -2.36. The predicted octanol–water partition coefficient (Wildman–Crippen LogP) is 2.45. The molecule has 1 aliphatic heterocycles. The molecule has 3 aromatic rings. The molecule has 144 valence electrons. The second-order valence-corrected chi connectivity index (χ2v) is 7.20. The van der Waals surface area contributed by atoms with Crippen LogP contribution in [0.2, 0.25) is 0 Å². The molecule has 0 spiro atoms. The Morgan fingerprint density at radius 3 is 2.79 bits per heavy atom. The van der Waals surface area contributed by atoms with Gasteiger partial charge in [-0.15, -0.1) is 5.10 Å². The molecule has 8 nitrogen and oxygen atoms in total. The third-order valence-corrected chi connectivity index (χ3v) is 5.44. The zero-order valence-electron chi connectivity index (χ0n) is 15.7. The number of carbonyl (C=O) groups is 2. The van der Waals surface area contributed by atoms with Crippen molar-refractivity contribution in [1.82, 2.24) is 24.9 Å². The van der Waals surface area contributed by atoms with Gasteiger partial charge >= 0.3 is 5.97 Å². The quantitative estimate of drug-likeness (QED) is 0.750. The number of fused-ring (bicyclic) bond motifs is 1. The third-order valence-electron chi connectivity index (χ3n) is 5.44. The van der Waals surface area contributed by atoms with Crippen LogP contribution < -0.4 is 0 Å². The molecule has 2 atom stereocenters. The Morgan fingerprint density at radius 2 is 2.00 bits per heavy atom. The van der Waals surface area contributed by atoms with E-state index in [0.717, 1.165) is 16.6 Å². The minimum absolute atomic E-state index is 0.0330. The highest BCUT2D eigenvalue weighted by atomic mass is 16.4. The Hall–Kier alpha value is -3.29. The third kappa shape index (κ3) is 3.00. The maximum Gasteiger partial charge on any atom is 0.308 e. The normalized spacial score (nSPS) is 19.7. The van der Waals surface area contributed by atoms with Gasteiger partial charge < -0.3 is 10.0 Å². The van der Waals surface area contributed by atoms with Crippen LogP contribution in [0.5, 0.6) is 0 Å². The number of carboxylic acids is 1. The van der Waals surface area contributed by atoms with Crippen molar-refractivity contribution >= 4 is 22.8 Å². The minimum atomic E-state index is -0.867. The summed E-state index contributed by atoms with van der Waals surface area (Å²) in [5.74, 6) is -1.69. The molecule has 1 N–H and O–H groups in total. The molecule has 28 heavy (non-hydrogen) atoms. The molecular weight excluding hydrogens is 358 g/mol. The number of hydrogen-bond acceptors (Lipinski definition) is 5. The fraction of sp³-hybridized carbons (Fsp3) is 0.350. The summed E-state index contributed by atoms with van der Waals surface area (Å²) in [5.41, 5.74) is 2.49. The predicted molar refractivity (Wildman–Crippen MR) is 102 cm³/mol. The van der Waals surface area contributed by atoms with Crippen molar-refractivity contribution in [3.8, 4) is 5.69 Å². The highest BCUT2D eigenvalue weighted by Crippen LogP contribution is 2.26. The molecule has 2 unspecified atom stereocenters. The van der Waals surface area contributed by atoms with Crippen LogP contribution >= 0.6 is 0 Å². The van der Waals surface area contributed by atoms with Gasteiger partial charge in [0.2, 0.25) is 0 Å². The van der Waals surface area contributed by atoms with E-state index >= 15 is 0 Å². The summed E-state index contributed by atoms with van der Waals surface area (Å²) in [4.78, 5) is 30.4. The first kappa shape index (κ1) is 18.1. The van der Waals surface area contributed by atoms with Gasteiger partial charge in [0.25, 0.3) is 5.91 Å². The molecule has 1 fully saturated rings. The highest BCUT2D eigenvalue weighted by Gasteiger charge is 2.35. The summed E-state index contributed by atoms with van der Waals surface area (Å²) in [6, 6.07) is 9.48. The molecule has 0 aliphatic carbocycles. The van der Waals surface area contributed by atoms with Crippen molar-refractivity contribution in [2.24, 2.45) is 5.92 Å². The van der Waals surface area contributed by atoms with Crippen LogP contribution in [0, 0.1) is 12.8 Å². The Labute approximate surface area is 161 Å². The molecular formula is C20H21N5O3. The van der Waals surface area contributed by atoms with Crippen molar-refractivity contribution in [3.63, 3.8) is 0 Å². The number of likely N-dealkylation sites (tertiary alicyclic amines) is 1. The van der Waals surface area contributed by atoms with E-state index in [2.05, 4.69) is 15.3 Å². The molecule has 1 aliphatic rings. The molecule has 3 heterocycles. The van der Waals surface area contributed by atoms with Gasteiger partial charge in [0.1, 0.15) is 0 Å². The molecule has 0 radical (unpaired) electrons. The molecule has 0 saturated carbocycles. The Morgan fingerprint density at radius 1 is 1.18 bits per heavy atom. The van der Waals surface area contributed by atoms with Crippen LogP contribution in [0.1, 0.15) is 35.9 Å². The Balaban J connectivity index is 1.70. The molecule has 1 saturated heterocycles. The van der Waals surface area contributed by atoms with Crippen LogP contribution in [0.25, 0.3) is 16.6 Å². The molecule has 1 aromatic carbocycles. The lowest BCUT2D eigenvalue weighted by Crippen LogP contribution is -2.47. The second-order valence-electron chi connectivity index (χ2n) is 7.20. The molecule has 1 amide bonds. The number of benzene rings is 1. The monoisotopic (exact) mass is 379 g/mol. The van der Waals surface area contributed by atoms with E-state index in [1.54, 1.807) is 22.7 Å². The second kappa shape index (κ2) is 7.03. The van der Waals surface area contributed by atoms with Crippen molar-refractivity contribution in [3.05, 3.63) is 47.9 Å². The van der Waals surface area contributed by atoms with Crippen LogP contribution in [0.15, 0.2) is 36.5 Å². The van der Waals surface area contributed by atoms with Gasteiger partial charge in [-0.3, -0.25) is 14.6 Å². The number of amides is 1. The zero-order chi connectivity index (χ0) is 19.8. The number of rotatable bonds is 3. The molecule has 2 aromatic heterocycles. The van der Waals surface area contributed by atoms with Crippen LogP contribution in [-0.4, -0.2) is 54.4 Å². The number of piperidine rings is 1. The van der Waals surface area contributed by atoms with Crippen LogP contribution in [0.3, 0.4) is 0 Å². The number of carbonyl (C=O) groups excluding carboxylic acids is 1. The van der Waals surface area contributed by atoms with Gasteiger partial charge in [-0.1, -0.05) is 11.3 Å². The average Bonchev–Trinajstić information content (AvgIpc) is 3.08. The van der Waals surface area contributed by atoms with Crippen LogP contribution in [0.4, 0.5) is 0 Å². The lowest BCUT2D eigenvalue weighted by molar-refractivity contribution is -0.143. The highest BCUT2D eigenvalue weighted by molar-refractivity contribution is 5.94. The smallest absolute Gasteiger partial charge is 0.308 e. The summed E-state index contributed by atoms with van der Waals surface area (Å²) in [6.45, 7) is 3.93. The lowest BCUT2D eigenvalue weighted by atomic mass is 9.93. The van der Waals surface area contributed by atoms with Crippen molar-refractivity contribution in [2.45, 2.75) is 32.7 Å². The number of nitrogens with zero attached hydrogens (tertiary/aromatic N) is 5. The van der Waals surface area contributed by atoms with Gasteiger partial charge in [0, 0.05) is 24.2 Å². The van der Waals surface area contributed by atoms with E-state index < -0.39 is 11.9 Å². The van der Waals surface area contributed by atoms with Crippen molar-refractivity contribution in [1.29, 1.82) is 0 Å². The van der Waals surface area contributed by atoms with Gasteiger partial charge in [-0.2, -0.15) is 0 Å². The number of aliphatic carboxylic acids is 1. The van der Waals surface area contributed by atoms with E-state index in [-0.39, 0.29) is 24.2 Å². The van der Waals surface area contributed by atoms with E-state index in [9.17, 15) is 14.7 Å². The first-order chi connectivity index (χ1) is 13.5. The summed E-state index contributed by atoms with van der Waals surface area (Å²) < 4.78 is 1.64. The maximum absolute atomic E-state index is 13.1. The molecule has 0 bridgehead atoms. The van der Waals surface area contributed by atoms with Gasteiger partial charge in [-0.05, 0) is 51.0 Å². The summed E-state index contributed by atoms with van der Waals surface area (Å²) in [7, 11) is 0. The van der Waals surface area contributed by atoms with E-state index in [4.69, 9.17) is 0 Å². The van der Waals surface area contributed by atoms with Crippen molar-refractivity contribution < 1.29 is 14.7 Å². The minimum Gasteiger partial charge on any atom is -0.481 e. The Kier molecular flexibility index (Phi) is 4.54. The molecule has 4 rings (SSSR count). The number of aromatic nitrogens is 4. The molecule has 8 heteroatoms. The van der Waals surface area contributed by atoms with Crippen molar-refractivity contribution in [2.75, 3.05) is 6.54 Å². The first-order valence-corrected chi connectivity index (χ1v) is 9.27. The fourth-order valence-corrected chi connectivity index (χ4v) is 3.75. The SMILES string of the molecule is Cc1c(C(=O)N2CC(C(=O)O)CCC2C)nnn1-c1cccc2ncccc12. The summed E-state index contributed by atoms with van der Waals surface area (Å²) >= 11 is 0. The van der Waals surface area contributed by atoms with E-state index in [1.807, 2.05) is 37.3 Å². The average molecular weight is 379 g/mol. The van der Waals surface area contributed by atoms with Gasteiger partial charge in [-0.25, -0.2) is 4.68 Å². The van der Waals surface area contributed by atoms with Gasteiger partial charge in [0.15, 0.2) is 5.69 Å². The van der Waals surface area contributed by atoms with Crippen LogP contribution in [-0.2, 0) is 4.79 Å². The largest absolute Gasteiger partial charge is 0.481 e. The Bertz CT molecular complexity index is 1060. The first-order valence-electron chi connectivity index (χ1n) is 9.27. The summed E-state index contributed by atoms with van der Waals surface area (Å²) in [6.07, 6.45) is 2.96. The fourth-order valence-electron chi connectivity index (χ4n) is 3.75. The standard InChI is InChI=1S/C20H21N5O3/c1-12-8-9-14(20(27)28)11-24(12)19(26)18-13(2)25(23-22-18)17-7-3-6-16-15(17)5-4-10-21-16/h3-7,10,12,14H,8-9,11H2,1-2H3,(H,27,28). The maximum atomic E-state index is 13.1. The number of hydrogen-bond donors (Lipinski definition) is 1. The van der Waals surface area contributed by atoms with Gasteiger partial charge in [0.05, 0.1) is 22.8 Å². The number of carboxylic acid groups (broad SMARTS) is 1. The topological polar surface area (TPSA) is 101 Å². The summed E-state index contributed by atoms with van der Waals surface area (Å²) in [5, 5.41) is 18.6. The zero-order valence-corrected chi connectivity index (χ0v) is 15.7. The van der Waals surface area contributed by atoms with E-state index in [1.165, 1.54) is 0 Å².